The first-order valence-electron chi connectivity index (χ1n) is 4.29. The largest absolute Gasteiger partial charge is 0.375 e. The number of nitrogens with zero attached hydrogens (tertiary/aromatic N) is 1. The highest BCUT2D eigenvalue weighted by Crippen LogP contribution is 2.29. The highest BCUT2D eigenvalue weighted by molar-refractivity contribution is 9.11. The predicted octanol–water partition coefficient (Wildman–Crippen LogP) is 3.47. The molecule has 2 N–H and O–H groups in total. The van der Waals surface area contributed by atoms with Crippen LogP contribution in [-0.2, 0) is 6.42 Å². The SMILES string of the molecule is CC(C)(C)CCc1nc(N)sc1Br. The van der Waals surface area contributed by atoms with Crippen LogP contribution in [0.15, 0.2) is 3.79 Å². The average Bonchev–Trinajstić information content (AvgIpc) is 2.24. The number of hydrogen-bond acceptors (Lipinski definition) is 3. The lowest BCUT2D eigenvalue weighted by molar-refractivity contribution is 0.376. The van der Waals surface area contributed by atoms with Gasteiger partial charge in [0, 0.05) is 0 Å². The summed E-state index contributed by atoms with van der Waals surface area (Å²) in [4.78, 5) is 4.26. The molecule has 0 aliphatic rings. The van der Waals surface area contributed by atoms with Crippen molar-refractivity contribution in [3.8, 4) is 0 Å². The molecule has 1 aromatic rings. The molecule has 0 spiro atoms. The quantitative estimate of drug-likeness (QED) is 0.887. The van der Waals surface area contributed by atoms with Crippen molar-refractivity contribution >= 4 is 32.4 Å². The molecule has 0 saturated heterocycles. The first-order valence-corrected chi connectivity index (χ1v) is 5.90. The van der Waals surface area contributed by atoms with E-state index in [9.17, 15) is 0 Å². The van der Waals surface area contributed by atoms with Crippen LogP contribution in [0.1, 0.15) is 32.9 Å². The van der Waals surface area contributed by atoms with Crippen molar-refractivity contribution in [3.63, 3.8) is 0 Å². The van der Waals surface area contributed by atoms with Crippen molar-refractivity contribution < 1.29 is 0 Å². The molecule has 74 valence electrons. The normalized spacial score (nSPS) is 12.0. The molecule has 4 heteroatoms. The van der Waals surface area contributed by atoms with Gasteiger partial charge in [-0.3, -0.25) is 0 Å². The summed E-state index contributed by atoms with van der Waals surface area (Å²) < 4.78 is 1.08. The van der Waals surface area contributed by atoms with E-state index in [0.717, 1.165) is 22.3 Å². The van der Waals surface area contributed by atoms with Gasteiger partial charge in [-0.2, -0.15) is 0 Å². The fourth-order valence-electron chi connectivity index (χ4n) is 0.998. The molecule has 0 aromatic carbocycles. The lowest BCUT2D eigenvalue weighted by Gasteiger charge is -2.16. The minimum Gasteiger partial charge on any atom is -0.375 e. The number of nitrogens with two attached hydrogens (primary N) is 1. The van der Waals surface area contributed by atoms with E-state index in [0.29, 0.717) is 10.5 Å². The van der Waals surface area contributed by atoms with Crippen LogP contribution in [0.3, 0.4) is 0 Å². The number of aryl methyl sites for hydroxylation is 1. The van der Waals surface area contributed by atoms with Crippen LogP contribution in [0.25, 0.3) is 0 Å². The van der Waals surface area contributed by atoms with Crippen molar-refractivity contribution in [2.24, 2.45) is 5.41 Å². The highest BCUT2D eigenvalue weighted by atomic mass is 79.9. The smallest absolute Gasteiger partial charge is 0.181 e. The molecular weight excluding hydrogens is 248 g/mol. The van der Waals surface area contributed by atoms with Crippen LogP contribution in [0.5, 0.6) is 0 Å². The van der Waals surface area contributed by atoms with Gasteiger partial charge >= 0.3 is 0 Å². The molecule has 0 amide bonds. The van der Waals surface area contributed by atoms with Crippen molar-refractivity contribution in [2.75, 3.05) is 5.73 Å². The van der Waals surface area contributed by atoms with Crippen molar-refractivity contribution in [1.29, 1.82) is 0 Å². The van der Waals surface area contributed by atoms with Gasteiger partial charge in [-0.15, -0.1) is 0 Å². The summed E-state index contributed by atoms with van der Waals surface area (Å²) in [5.41, 5.74) is 7.05. The Kier molecular flexibility index (Phi) is 3.35. The van der Waals surface area contributed by atoms with Gasteiger partial charge in [-0.1, -0.05) is 32.1 Å². The number of nitrogen functional groups attached to an aromatic ring is 1. The molecule has 0 atom stereocenters. The van der Waals surface area contributed by atoms with E-state index in [1.54, 1.807) is 0 Å². The molecule has 1 rings (SSSR count). The summed E-state index contributed by atoms with van der Waals surface area (Å²) in [6.45, 7) is 6.70. The summed E-state index contributed by atoms with van der Waals surface area (Å²) in [5.74, 6) is 0. The maximum Gasteiger partial charge on any atom is 0.181 e. The van der Waals surface area contributed by atoms with E-state index >= 15 is 0 Å². The maximum atomic E-state index is 5.60. The Balaban J connectivity index is 2.59. The van der Waals surface area contributed by atoms with Crippen LogP contribution < -0.4 is 5.73 Å². The second kappa shape index (κ2) is 3.96. The Hall–Kier alpha value is -0.0900. The number of hydrogen-bond donors (Lipinski definition) is 1. The molecule has 1 heterocycles. The summed E-state index contributed by atoms with van der Waals surface area (Å²) in [7, 11) is 0. The predicted molar refractivity (Wildman–Crippen MR) is 62.0 cm³/mol. The van der Waals surface area contributed by atoms with Gasteiger partial charge in [0.05, 0.1) is 9.48 Å². The van der Waals surface area contributed by atoms with Crippen LogP contribution >= 0.6 is 27.3 Å². The maximum absolute atomic E-state index is 5.60. The van der Waals surface area contributed by atoms with E-state index in [1.807, 2.05) is 0 Å². The van der Waals surface area contributed by atoms with Gasteiger partial charge in [0.1, 0.15) is 0 Å². The second-order valence-corrected chi connectivity index (χ2v) is 6.68. The minimum absolute atomic E-state index is 0.359. The number of anilines is 1. The van der Waals surface area contributed by atoms with Gasteiger partial charge in [0.15, 0.2) is 5.13 Å². The second-order valence-electron chi connectivity index (χ2n) is 4.33. The van der Waals surface area contributed by atoms with Crippen LogP contribution in [0.2, 0.25) is 0 Å². The fraction of sp³-hybridized carbons (Fsp3) is 0.667. The summed E-state index contributed by atoms with van der Waals surface area (Å²) in [5, 5.41) is 0.649. The molecule has 2 nitrogen and oxygen atoms in total. The van der Waals surface area contributed by atoms with E-state index in [2.05, 4.69) is 41.7 Å². The van der Waals surface area contributed by atoms with Crippen molar-refractivity contribution in [1.82, 2.24) is 4.98 Å². The zero-order chi connectivity index (χ0) is 10.1. The minimum atomic E-state index is 0.359. The summed E-state index contributed by atoms with van der Waals surface area (Å²) >= 11 is 4.96. The first kappa shape index (κ1) is 11.0. The standard InChI is InChI=1S/C9H15BrN2S/c1-9(2,3)5-4-6-7(10)13-8(11)12-6/h4-5H2,1-3H3,(H2,11,12). The fourth-order valence-corrected chi connectivity index (χ4v) is 2.39. The number of halogens is 1. The van der Waals surface area contributed by atoms with Crippen LogP contribution in [0.4, 0.5) is 5.13 Å². The molecule has 0 aliphatic heterocycles. The lowest BCUT2D eigenvalue weighted by atomic mass is 9.90. The van der Waals surface area contributed by atoms with E-state index in [1.165, 1.54) is 11.3 Å². The van der Waals surface area contributed by atoms with Gasteiger partial charge in [-0.05, 0) is 34.2 Å². The van der Waals surface area contributed by atoms with Crippen molar-refractivity contribution in [3.05, 3.63) is 9.48 Å². The molecule has 0 fully saturated rings. The molecule has 0 radical (unpaired) electrons. The number of thiazole rings is 1. The van der Waals surface area contributed by atoms with E-state index in [-0.39, 0.29) is 0 Å². The number of aromatic nitrogens is 1. The Bertz CT molecular complexity index is 288. The third kappa shape index (κ3) is 3.65. The topological polar surface area (TPSA) is 38.9 Å². The molecule has 13 heavy (non-hydrogen) atoms. The molecule has 1 aromatic heterocycles. The van der Waals surface area contributed by atoms with Crippen molar-refractivity contribution in [2.45, 2.75) is 33.6 Å². The summed E-state index contributed by atoms with van der Waals surface area (Å²) in [6.07, 6.45) is 2.13. The van der Waals surface area contributed by atoms with E-state index in [4.69, 9.17) is 5.73 Å². The van der Waals surface area contributed by atoms with Crippen LogP contribution in [-0.4, -0.2) is 4.98 Å². The monoisotopic (exact) mass is 262 g/mol. The molecule has 0 bridgehead atoms. The third-order valence-corrected chi connectivity index (χ3v) is 3.44. The van der Waals surface area contributed by atoms with Gasteiger partial charge < -0.3 is 5.73 Å². The number of rotatable bonds is 2. The highest BCUT2D eigenvalue weighted by Gasteiger charge is 2.13. The molecule has 0 aliphatic carbocycles. The van der Waals surface area contributed by atoms with E-state index < -0.39 is 0 Å². The summed E-state index contributed by atoms with van der Waals surface area (Å²) in [6, 6.07) is 0. The van der Waals surface area contributed by atoms with Gasteiger partial charge in [-0.25, -0.2) is 4.98 Å². The molecular formula is C9H15BrN2S. The Morgan fingerprint density at radius 2 is 2.08 bits per heavy atom. The van der Waals surface area contributed by atoms with Gasteiger partial charge in [0.2, 0.25) is 0 Å². The first-order chi connectivity index (χ1) is 5.88. The average molecular weight is 263 g/mol. The Morgan fingerprint density at radius 3 is 2.46 bits per heavy atom. The third-order valence-electron chi connectivity index (χ3n) is 1.78. The lowest BCUT2D eigenvalue weighted by Crippen LogP contribution is -2.06. The Morgan fingerprint density at radius 1 is 1.46 bits per heavy atom. The van der Waals surface area contributed by atoms with Crippen LogP contribution in [0, 0.1) is 5.41 Å². The Labute approximate surface area is 91.7 Å². The zero-order valence-electron chi connectivity index (χ0n) is 8.22. The zero-order valence-corrected chi connectivity index (χ0v) is 10.6. The van der Waals surface area contributed by atoms with Gasteiger partial charge in [0.25, 0.3) is 0 Å². The molecule has 0 saturated carbocycles. The molecule has 0 unspecified atom stereocenters.